The highest BCUT2D eigenvalue weighted by Gasteiger charge is 2.09. The number of hydrogen-bond donors (Lipinski definition) is 1. The molecule has 0 saturated carbocycles. The Morgan fingerprint density at radius 1 is 1.00 bits per heavy atom. The minimum absolute atomic E-state index is 0.146. The minimum atomic E-state index is -0.544. The highest BCUT2D eigenvalue weighted by molar-refractivity contribution is 5.87. The topological polar surface area (TPSA) is 59.4 Å². The first kappa shape index (κ1) is 21.7. The molecule has 148 valence electrons. The summed E-state index contributed by atoms with van der Waals surface area (Å²) in [4.78, 5) is 15.7. The van der Waals surface area contributed by atoms with Crippen LogP contribution in [0.2, 0.25) is 0 Å². The number of aliphatic hydroxyl groups is 1. The molecule has 0 aliphatic carbocycles. The lowest BCUT2D eigenvalue weighted by Gasteiger charge is -2.03. The van der Waals surface area contributed by atoms with E-state index in [4.69, 9.17) is 4.74 Å². The molecule has 4 nitrogen and oxygen atoms in total. The number of pyridine rings is 1. The van der Waals surface area contributed by atoms with Gasteiger partial charge in [0.2, 0.25) is 0 Å². The van der Waals surface area contributed by atoms with Gasteiger partial charge in [-0.1, -0.05) is 63.0 Å². The van der Waals surface area contributed by atoms with Crippen LogP contribution in [0.1, 0.15) is 78.3 Å². The lowest BCUT2D eigenvalue weighted by Crippen LogP contribution is -2.07. The molecule has 1 N–H and O–H groups in total. The van der Waals surface area contributed by atoms with Crippen molar-refractivity contribution in [3.8, 4) is 11.8 Å². The molecule has 1 aromatic heterocycles. The normalized spacial score (nSPS) is 10.2. The molecule has 0 unspecified atom stereocenters. The van der Waals surface area contributed by atoms with Gasteiger partial charge in [-0.15, -0.1) is 0 Å². The molecule has 0 aliphatic rings. The molecule has 1 heterocycles. The molecule has 0 atom stereocenters. The number of esters is 1. The molecule has 0 amide bonds. The lowest BCUT2D eigenvalue weighted by molar-refractivity contribution is 0.0593. The third-order valence-corrected chi connectivity index (χ3v) is 4.56. The van der Waals surface area contributed by atoms with Crippen molar-refractivity contribution in [2.24, 2.45) is 0 Å². The van der Waals surface area contributed by atoms with E-state index >= 15 is 0 Å². The largest absolute Gasteiger partial charge is 0.464 e. The number of aromatic nitrogens is 1. The van der Waals surface area contributed by atoms with Crippen molar-refractivity contribution < 1.29 is 14.6 Å². The number of carbonyl (C=O) groups is 1. The third-order valence-electron chi connectivity index (χ3n) is 4.56. The second-order valence-electron chi connectivity index (χ2n) is 6.85. The average Bonchev–Trinajstić information content (AvgIpc) is 2.74. The van der Waals surface area contributed by atoms with Crippen molar-refractivity contribution in [3.05, 3.63) is 64.5 Å². The fraction of sp³-hybridized carbons (Fsp3) is 0.417. The summed E-state index contributed by atoms with van der Waals surface area (Å²) in [7, 11) is 1.30. The van der Waals surface area contributed by atoms with Gasteiger partial charge in [0, 0.05) is 11.1 Å². The lowest BCUT2D eigenvalue weighted by atomic mass is 10.0. The average molecular weight is 380 g/mol. The zero-order chi connectivity index (χ0) is 20.2. The number of ether oxygens (including phenoxy) is 1. The number of rotatable bonds is 9. The van der Waals surface area contributed by atoms with Gasteiger partial charge in [0.15, 0.2) is 0 Å². The van der Waals surface area contributed by atoms with Crippen LogP contribution in [0, 0.1) is 11.8 Å². The van der Waals surface area contributed by atoms with Crippen molar-refractivity contribution in [1.29, 1.82) is 0 Å². The Hall–Kier alpha value is -2.64. The van der Waals surface area contributed by atoms with Crippen LogP contribution in [0.4, 0.5) is 0 Å². The van der Waals surface area contributed by atoms with Crippen LogP contribution in [0.15, 0.2) is 36.4 Å². The zero-order valence-electron chi connectivity index (χ0n) is 16.8. The first-order valence-corrected chi connectivity index (χ1v) is 9.97. The second-order valence-corrected chi connectivity index (χ2v) is 6.85. The number of methoxy groups -OCH3 is 1. The van der Waals surface area contributed by atoms with Crippen LogP contribution in [0.5, 0.6) is 0 Å². The summed E-state index contributed by atoms with van der Waals surface area (Å²) in [5, 5.41) is 9.33. The van der Waals surface area contributed by atoms with Gasteiger partial charge in [-0.3, -0.25) is 0 Å². The van der Waals surface area contributed by atoms with Gasteiger partial charge in [0.05, 0.1) is 19.4 Å². The van der Waals surface area contributed by atoms with E-state index in [1.54, 1.807) is 12.1 Å². The second kappa shape index (κ2) is 11.9. The number of carbonyl (C=O) groups excluding carboxylic acids is 1. The zero-order valence-corrected chi connectivity index (χ0v) is 16.8. The van der Waals surface area contributed by atoms with Crippen molar-refractivity contribution >= 4 is 5.97 Å². The molecule has 0 aliphatic heterocycles. The van der Waals surface area contributed by atoms with Crippen LogP contribution in [0.3, 0.4) is 0 Å². The molecule has 1 aromatic carbocycles. The van der Waals surface area contributed by atoms with E-state index in [0.717, 1.165) is 12.0 Å². The maximum atomic E-state index is 11.7. The van der Waals surface area contributed by atoms with Gasteiger partial charge in [-0.25, -0.2) is 9.78 Å². The summed E-state index contributed by atoms with van der Waals surface area (Å²) in [6.45, 7) is 1.98. The monoisotopic (exact) mass is 379 g/mol. The molecule has 28 heavy (non-hydrogen) atoms. The molecule has 0 saturated heterocycles. The van der Waals surface area contributed by atoms with E-state index < -0.39 is 5.97 Å². The Morgan fingerprint density at radius 3 is 2.36 bits per heavy atom. The molecule has 0 fully saturated rings. The SMILES string of the molecule is CCCCCCCCc1ccc(C#Cc2cc(CO)nc(C(=O)OC)c2)cc1. The van der Waals surface area contributed by atoms with E-state index in [1.165, 1.54) is 51.2 Å². The summed E-state index contributed by atoms with van der Waals surface area (Å²) < 4.78 is 4.69. The maximum absolute atomic E-state index is 11.7. The summed E-state index contributed by atoms with van der Waals surface area (Å²) >= 11 is 0. The van der Waals surface area contributed by atoms with Gasteiger partial charge >= 0.3 is 5.97 Å². The fourth-order valence-corrected chi connectivity index (χ4v) is 2.96. The van der Waals surface area contributed by atoms with Gasteiger partial charge < -0.3 is 9.84 Å². The van der Waals surface area contributed by atoms with Crippen molar-refractivity contribution in [3.63, 3.8) is 0 Å². The van der Waals surface area contributed by atoms with Crippen LogP contribution < -0.4 is 0 Å². The van der Waals surface area contributed by atoms with E-state index in [0.29, 0.717) is 11.3 Å². The highest BCUT2D eigenvalue weighted by Crippen LogP contribution is 2.11. The standard InChI is InChI=1S/C24H29NO3/c1-3-4-5-6-7-8-9-19-10-12-20(13-11-19)14-15-21-16-22(18-26)25-23(17-21)24(27)28-2/h10-13,16-17,26H,3-9,18H2,1-2H3. The number of hydrogen-bond acceptors (Lipinski definition) is 4. The Balaban J connectivity index is 1.97. The first-order chi connectivity index (χ1) is 13.7. The summed E-state index contributed by atoms with van der Waals surface area (Å²) in [5.41, 5.74) is 3.40. The minimum Gasteiger partial charge on any atom is -0.464 e. The first-order valence-electron chi connectivity index (χ1n) is 9.97. The predicted octanol–water partition coefficient (Wildman–Crippen LogP) is 4.66. The number of unbranched alkanes of at least 4 members (excludes halogenated alkanes) is 5. The highest BCUT2D eigenvalue weighted by atomic mass is 16.5. The number of aryl methyl sites for hydroxylation is 1. The van der Waals surface area contributed by atoms with E-state index in [2.05, 4.69) is 35.9 Å². The molecular weight excluding hydrogens is 350 g/mol. The van der Waals surface area contributed by atoms with Gasteiger partial charge in [-0.05, 0) is 42.7 Å². The number of nitrogens with zero attached hydrogens (tertiary/aromatic N) is 1. The van der Waals surface area contributed by atoms with Gasteiger partial charge in [0.25, 0.3) is 0 Å². The Labute approximate surface area is 168 Å². The summed E-state index contributed by atoms with van der Waals surface area (Å²) in [6, 6.07) is 11.5. The summed E-state index contributed by atoms with van der Waals surface area (Å²) in [5.74, 6) is 5.60. The molecule has 4 heteroatoms. The van der Waals surface area contributed by atoms with E-state index in [9.17, 15) is 9.90 Å². The van der Waals surface area contributed by atoms with Crippen molar-refractivity contribution in [1.82, 2.24) is 4.98 Å². The maximum Gasteiger partial charge on any atom is 0.356 e. The molecule has 2 rings (SSSR count). The molecular formula is C24H29NO3. The molecule has 0 radical (unpaired) electrons. The van der Waals surface area contributed by atoms with E-state index in [1.807, 2.05) is 12.1 Å². The van der Waals surface area contributed by atoms with Gasteiger partial charge in [0.1, 0.15) is 5.69 Å². The van der Waals surface area contributed by atoms with Crippen LogP contribution >= 0.6 is 0 Å². The van der Waals surface area contributed by atoms with Crippen LogP contribution in [-0.2, 0) is 17.8 Å². The van der Waals surface area contributed by atoms with E-state index in [-0.39, 0.29) is 12.3 Å². The quantitative estimate of drug-likeness (QED) is 0.391. The number of aliphatic hydroxyl groups excluding tert-OH is 1. The predicted molar refractivity (Wildman–Crippen MR) is 111 cm³/mol. The molecule has 2 aromatic rings. The van der Waals surface area contributed by atoms with Crippen LogP contribution in [-0.4, -0.2) is 23.2 Å². The summed E-state index contributed by atoms with van der Waals surface area (Å²) in [6.07, 6.45) is 8.92. The Kier molecular flexibility index (Phi) is 9.24. The fourth-order valence-electron chi connectivity index (χ4n) is 2.96. The molecule has 0 bridgehead atoms. The number of benzene rings is 1. The van der Waals surface area contributed by atoms with Crippen molar-refractivity contribution in [2.75, 3.05) is 7.11 Å². The van der Waals surface area contributed by atoms with Crippen molar-refractivity contribution in [2.45, 2.75) is 58.5 Å². The smallest absolute Gasteiger partial charge is 0.356 e. The van der Waals surface area contributed by atoms with Gasteiger partial charge in [-0.2, -0.15) is 0 Å². The Morgan fingerprint density at radius 2 is 1.68 bits per heavy atom. The van der Waals surface area contributed by atoms with Crippen LogP contribution in [0.25, 0.3) is 0 Å². The molecule has 0 spiro atoms. The Bertz CT molecular complexity index is 816. The third kappa shape index (κ3) is 7.17.